The van der Waals surface area contributed by atoms with Crippen molar-refractivity contribution in [3.05, 3.63) is 65.7 Å². The normalized spacial score (nSPS) is 20.0. The van der Waals surface area contributed by atoms with Crippen LogP contribution in [0.1, 0.15) is 55.6 Å². The molecule has 0 unspecified atom stereocenters. The van der Waals surface area contributed by atoms with E-state index in [9.17, 15) is 5.11 Å². The van der Waals surface area contributed by atoms with Crippen molar-refractivity contribution in [2.45, 2.75) is 56.9 Å². The molecule has 3 heteroatoms. The summed E-state index contributed by atoms with van der Waals surface area (Å²) < 4.78 is 0. The molecule has 0 atom stereocenters. The molecular formula is C22H29FeNO. The van der Waals surface area contributed by atoms with Crippen LogP contribution in [0.25, 0.3) is 0 Å². The number of hydrogen-bond donors (Lipinski definition) is 2. The molecule has 1 saturated carbocycles. The van der Waals surface area contributed by atoms with Crippen LogP contribution in [-0.2, 0) is 23.5 Å². The minimum absolute atomic E-state index is 0. The fourth-order valence-electron chi connectivity index (χ4n) is 3.82. The molecule has 0 aliphatic heterocycles. The Balaban J connectivity index is 0.00000225. The zero-order valence-corrected chi connectivity index (χ0v) is 15.9. The van der Waals surface area contributed by atoms with Crippen molar-refractivity contribution in [1.29, 1.82) is 0 Å². The van der Waals surface area contributed by atoms with E-state index in [0.717, 1.165) is 30.9 Å². The van der Waals surface area contributed by atoms with Crippen molar-refractivity contribution in [2.24, 2.45) is 0 Å². The van der Waals surface area contributed by atoms with Crippen molar-refractivity contribution in [3.8, 4) is 5.75 Å². The third-order valence-electron chi connectivity index (χ3n) is 5.30. The van der Waals surface area contributed by atoms with E-state index in [0.29, 0.717) is 11.8 Å². The molecule has 2 aromatic rings. The van der Waals surface area contributed by atoms with Crippen molar-refractivity contribution in [3.63, 3.8) is 0 Å². The van der Waals surface area contributed by atoms with Crippen LogP contribution in [0.4, 0.5) is 0 Å². The van der Waals surface area contributed by atoms with Gasteiger partial charge in [0.25, 0.3) is 0 Å². The van der Waals surface area contributed by atoms with Gasteiger partial charge >= 0.3 is 0 Å². The van der Waals surface area contributed by atoms with Gasteiger partial charge < -0.3 is 10.4 Å². The third-order valence-corrected chi connectivity index (χ3v) is 5.30. The number of phenolic OH excluding ortho intramolecular Hbond substituents is 1. The number of nitrogens with one attached hydrogen (secondary N) is 1. The van der Waals surface area contributed by atoms with Crippen LogP contribution in [-0.4, -0.2) is 17.7 Å². The molecule has 0 heterocycles. The summed E-state index contributed by atoms with van der Waals surface area (Å²) in [5, 5.41) is 13.5. The third kappa shape index (κ3) is 6.18. The molecule has 1 aliphatic rings. The first kappa shape index (κ1) is 20.0. The molecular weight excluding hydrogens is 350 g/mol. The largest absolute Gasteiger partial charge is 0.508 e. The molecule has 25 heavy (non-hydrogen) atoms. The molecule has 0 saturated heterocycles. The molecule has 0 aromatic heterocycles. The Morgan fingerprint density at radius 3 is 2.24 bits per heavy atom. The van der Waals surface area contributed by atoms with Gasteiger partial charge in [-0.05, 0) is 74.6 Å². The van der Waals surface area contributed by atoms with E-state index in [1.54, 1.807) is 6.07 Å². The maximum absolute atomic E-state index is 9.77. The Kier molecular flexibility index (Phi) is 8.54. The Labute approximate surface area is 162 Å². The van der Waals surface area contributed by atoms with Gasteiger partial charge in [0.05, 0.1) is 0 Å². The number of aromatic hydroxyl groups is 1. The molecule has 3 rings (SSSR count). The average molecular weight is 379 g/mol. The monoisotopic (exact) mass is 379 g/mol. The summed E-state index contributed by atoms with van der Waals surface area (Å²) in [6, 6.07) is 19.3. The second-order valence-electron chi connectivity index (χ2n) is 7.00. The summed E-state index contributed by atoms with van der Waals surface area (Å²) in [5.74, 6) is 1.19. The fourth-order valence-corrected chi connectivity index (χ4v) is 3.82. The van der Waals surface area contributed by atoms with Crippen LogP contribution in [0.2, 0.25) is 0 Å². The fraction of sp³-hybridized carbons (Fsp3) is 0.455. The predicted octanol–water partition coefficient (Wildman–Crippen LogP) is 5.03. The van der Waals surface area contributed by atoms with E-state index in [1.165, 1.54) is 37.7 Å². The number of para-hydroxylation sites is 1. The SMILES string of the molecule is Oc1ccccc1CCCCNC1CCC(c2ccccc2)CC1.[Fe]. The maximum atomic E-state index is 9.77. The summed E-state index contributed by atoms with van der Waals surface area (Å²) in [6.45, 7) is 1.09. The topological polar surface area (TPSA) is 32.3 Å². The summed E-state index contributed by atoms with van der Waals surface area (Å²) in [4.78, 5) is 0. The number of aryl methyl sites for hydroxylation is 1. The van der Waals surface area contributed by atoms with Crippen LogP contribution < -0.4 is 5.32 Å². The first-order valence-corrected chi connectivity index (χ1v) is 9.38. The van der Waals surface area contributed by atoms with Gasteiger partial charge in [0.2, 0.25) is 0 Å². The molecule has 0 radical (unpaired) electrons. The van der Waals surface area contributed by atoms with Crippen molar-refractivity contribution < 1.29 is 22.2 Å². The second-order valence-corrected chi connectivity index (χ2v) is 7.00. The predicted molar refractivity (Wildman–Crippen MR) is 100 cm³/mol. The first-order chi connectivity index (χ1) is 11.8. The van der Waals surface area contributed by atoms with Crippen LogP contribution in [0.15, 0.2) is 54.6 Å². The Morgan fingerprint density at radius 1 is 0.840 bits per heavy atom. The maximum Gasteiger partial charge on any atom is 0.118 e. The zero-order valence-electron chi connectivity index (χ0n) is 14.8. The van der Waals surface area contributed by atoms with Crippen LogP contribution in [0.3, 0.4) is 0 Å². The van der Waals surface area contributed by atoms with Gasteiger partial charge in [-0.15, -0.1) is 0 Å². The van der Waals surface area contributed by atoms with E-state index in [1.807, 2.05) is 18.2 Å². The van der Waals surface area contributed by atoms with E-state index in [4.69, 9.17) is 0 Å². The first-order valence-electron chi connectivity index (χ1n) is 9.38. The Hall–Kier alpha value is -1.28. The summed E-state index contributed by atoms with van der Waals surface area (Å²) in [5.41, 5.74) is 2.58. The number of phenols is 1. The van der Waals surface area contributed by atoms with E-state index in [-0.39, 0.29) is 17.1 Å². The summed E-state index contributed by atoms with van der Waals surface area (Å²) in [7, 11) is 0. The molecule has 1 fully saturated rings. The molecule has 0 spiro atoms. The van der Waals surface area contributed by atoms with E-state index >= 15 is 0 Å². The van der Waals surface area contributed by atoms with Crippen LogP contribution >= 0.6 is 0 Å². The number of hydrogen-bond acceptors (Lipinski definition) is 2. The molecule has 136 valence electrons. The molecule has 2 nitrogen and oxygen atoms in total. The van der Waals surface area contributed by atoms with Crippen molar-refractivity contribution in [2.75, 3.05) is 6.54 Å². The zero-order chi connectivity index (χ0) is 16.6. The molecule has 2 aromatic carbocycles. The molecule has 0 bridgehead atoms. The summed E-state index contributed by atoms with van der Waals surface area (Å²) >= 11 is 0. The standard InChI is InChI=1S/C22H29NO.Fe/c24-22-12-5-4-10-20(22)11-6-7-17-23-21-15-13-19(14-16-21)18-8-2-1-3-9-18;/h1-5,8-10,12,19,21,23-24H,6-7,11,13-17H2;. The Bertz CT molecular complexity index is 608. The minimum Gasteiger partial charge on any atom is -0.508 e. The van der Waals surface area contributed by atoms with Crippen molar-refractivity contribution >= 4 is 0 Å². The van der Waals surface area contributed by atoms with Crippen LogP contribution in [0, 0.1) is 0 Å². The van der Waals surface area contributed by atoms with Gasteiger partial charge in [-0.2, -0.15) is 0 Å². The van der Waals surface area contributed by atoms with Gasteiger partial charge in [0.1, 0.15) is 5.75 Å². The number of rotatable bonds is 7. The smallest absolute Gasteiger partial charge is 0.118 e. The quantitative estimate of drug-likeness (QED) is 0.523. The van der Waals surface area contributed by atoms with E-state index < -0.39 is 0 Å². The van der Waals surface area contributed by atoms with E-state index in [2.05, 4.69) is 35.6 Å². The van der Waals surface area contributed by atoms with Gasteiger partial charge in [-0.25, -0.2) is 0 Å². The Morgan fingerprint density at radius 2 is 1.52 bits per heavy atom. The molecule has 1 aliphatic carbocycles. The number of benzene rings is 2. The van der Waals surface area contributed by atoms with Gasteiger partial charge in [-0.1, -0.05) is 48.5 Å². The minimum atomic E-state index is 0. The molecule has 2 N–H and O–H groups in total. The van der Waals surface area contributed by atoms with Crippen LogP contribution in [0.5, 0.6) is 5.75 Å². The average Bonchev–Trinajstić information content (AvgIpc) is 2.64. The van der Waals surface area contributed by atoms with Gasteiger partial charge in [-0.3, -0.25) is 0 Å². The second kappa shape index (κ2) is 10.7. The summed E-state index contributed by atoms with van der Waals surface area (Å²) in [6.07, 6.45) is 8.46. The van der Waals surface area contributed by atoms with Gasteiger partial charge in [0.15, 0.2) is 0 Å². The van der Waals surface area contributed by atoms with Gasteiger partial charge in [0, 0.05) is 23.1 Å². The number of unbranched alkanes of at least 4 members (excludes halogenated alkanes) is 1. The van der Waals surface area contributed by atoms with Crippen molar-refractivity contribution in [1.82, 2.24) is 5.32 Å². The molecule has 0 amide bonds.